The van der Waals surface area contributed by atoms with Gasteiger partial charge in [0.15, 0.2) is 0 Å². The normalized spacial score (nSPS) is 13.6. The molecule has 0 aromatic heterocycles. The van der Waals surface area contributed by atoms with Crippen LogP contribution >= 0.6 is 0 Å². The molecular formula is C10H24N2O. The molecule has 0 aromatic carbocycles. The smallest absolute Gasteiger partial charge is 0.0591 e. The van der Waals surface area contributed by atoms with Crippen molar-refractivity contribution in [2.45, 2.75) is 33.2 Å². The number of ether oxygens (including phenoxy) is 1. The Balaban J connectivity index is 2.99. The van der Waals surface area contributed by atoms with Crippen LogP contribution in [0.2, 0.25) is 0 Å². The van der Waals surface area contributed by atoms with E-state index in [4.69, 9.17) is 10.5 Å². The zero-order valence-electron chi connectivity index (χ0n) is 9.18. The predicted octanol–water partition coefficient (Wildman–Crippen LogP) is 0.986. The van der Waals surface area contributed by atoms with Crippen molar-refractivity contribution in [3.8, 4) is 0 Å². The molecule has 1 atom stereocenters. The van der Waals surface area contributed by atoms with Crippen LogP contribution in [0.25, 0.3) is 0 Å². The van der Waals surface area contributed by atoms with Crippen molar-refractivity contribution >= 4 is 0 Å². The minimum absolute atomic E-state index is 0.397. The van der Waals surface area contributed by atoms with E-state index in [2.05, 4.69) is 26.1 Å². The zero-order valence-corrected chi connectivity index (χ0v) is 9.18. The van der Waals surface area contributed by atoms with E-state index in [0.29, 0.717) is 12.6 Å². The first kappa shape index (κ1) is 12.9. The van der Waals surface area contributed by atoms with Crippen LogP contribution in [0.4, 0.5) is 0 Å². The number of nitrogens with one attached hydrogen (secondary N) is 1. The second kappa shape index (κ2) is 8.48. The fourth-order valence-corrected chi connectivity index (χ4v) is 0.882. The highest BCUT2D eigenvalue weighted by Gasteiger charge is 1.97. The lowest BCUT2D eigenvalue weighted by Gasteiger charge is -2.11. The van der Waals surface area contributed by atoms with Crippen molar-refractivity contribution in [1.82, 2.24) is 5.32 Å². The summed E-state index contributed by atoms with van der Waals surface area (Å²) >= 11 is 0. The number of hydrogen-bond acceptors (Lipinski definition) is 3. The van der Waals surface area contributed by atoms with Gasteiger partial charge in [0.1, 0.15) is 0 Å². The van der Waals surface area contributed by atoms with E-state index < -0.39 is 0 Å². The fourth-order valence-electron chi connectivity index (χ4n) is 0.882. The molecule has 0 aliphatic carbocycles. The fraction of sp³-hybridized carbons (Fsp3) is 1.00. The van der Waals surface area contributed by atoms with E-state index >= 15 is 0 Å². The van der Waals surface area contributed by atoms with Gasteiger partial charge >= 0.3 is 0 Å². The summed E-state index contributed by atoms with van der Waals surface area (Å²) in [6.45, 7) is 9.74. The maximum atomic E-state index is 5.45. The average molecular weight is 188 g/mol. The van der Waals surface area contributed by atoms with Crippen molar-refractivity contribution in [3.05, 3.63) is 0 Å². The molecule has 3 N–H and O–H groups in total. The van der Waals surface area contributed by atoms with Crippen LogP contribution in [-0.4, -0.2) is 32.3 Å². The molecule has 1 unspecified atom stereocenters. The van der Waals surface area contributed by atoms with Crippen LogP contribution in [0.1, 0.15) is 27.2 Å². The molecule has 0 spiro atoms. The van der Waals surface area contributed by atoms with Crippen molar-refractivity contribution in [3.63, 3.8) is 0 Å². The van der Waals surface area contributed by atoms with E-state index in [1.165, 1.54) is 0 Å². The molecule has 0 saturated heterocycles. The summed E-state index contributed by atoms with van der Waals surface area (Å²) in [5.74, 6) is 0.732. The number of nitrogens with two attached hydrogens (primary N) is 1. The summed E-state index contributed by atoms with van der Waals surface area (Å²) in [5.41, 5.74) is 5.45. The lowest BCUT2D eigenvalue weighted by atomic mass is 10.1. The molecule has 0 aliphatic rings. The molecule has 3 nitrogen and oxygen atoms in total. The first-order valence-electron chi connectivity index (χ1n) is 5.18. The third-order valence-electron chi connectivity index (χ3n) is 1.93. The summed E-state index contributed by atoms with van der Waals surface area (Å²) in [6, 6.07) is 0.397. The number of rotatable bonds is 8. The second-order valence-corrected chi connectivity index (χ2v) is 3.89. The van der Waals surface area contributed by atoms with Crippen LogP contribution in [0, 0.1) is 5.92 Å². The molecule has 0 saturated carbocycles. The van der Waals surface area contributed by atoms with Gasteiger partial charge in [-0.15, -0.1) is 0 Å². The summed E-state index contributed by atoms with van der Waals surface area (Å²) in [6.07, 6.45) is 1.15. The van der Waals surface area contributed by atoms with Gasteiger partial charge in [0.2, 0.25) is 0 Å². The van der Waals surface area contributed by atoms with E-state index in [1.54, 1.807) is 0 Å². The van der Waals surface area contributed by atoms with Gasteiger partial charge in [-0.3, -0.25) is 0 Å². The molecule has 0 heterocycles. The maximum absolute atomic E-state index is 5.45. The highest BCUT2D eigenvalue weighted by atomic mass is 16.5. The van der Waals surface area contributed by atoms with Crippen LogP contribution < -0.4 is 11.1 Å². The van der Waals surface area contributed by atoms with Gasteiger partial charge < -0.3 is 15.8 Å². The Morgan fingerprint density at radius 3 is 2.46 bits per heavy atom. The van der Waals surface area contributed by atoms with E-state index in [0.717, 1.165) is 32.1 Å². The van der Waals surface area contributed by atoms with Crippen molar-refractivity contribution in [1.29, 1.82) is 0 Å². The highest BCUT2D eigenvalue weighted by Crippen LogP contribution is 1.98. The summed E-state index contributed by atoms with van der Waals surface area (Å²) in [7, 11) is 0. The van der Waals surface area contributed by atoms with Gasteiger partial charge in [-0.2, -0.15) is 0 Å². The van der Waals surface area contributed by atoms with Gasteiger partial charge in [0.25, 0.3) is 0 Å². The molecule has 0 rings (SSSR count). The quantitative estimate of drug-likeness (QED) is 0.558. The zero-order chi connectivity index (χ0) is 10.1. The van der Waals surface area contributed by atoms with E-state index in [1.807, 2.05) is 0 Å². The standard InChI is InChI=1S/C10H24N2O/c1-9(2)4-6-13-7-5-12-10(3)8-11/h9-10,12H,4-8,11H2,1-3H3. The topological polar surface area (TPSA) is 47.3 Å². The first-order valence-corrected chi connectivity index (χ1v) is 5.18. The van der Waals surface area contributed by atoms with Crippen molar-refractivity contribution in [2.75, 3.05) is 26.3 Å². The Hall–Kier alpha value is -0.120. The van der Waals surface area contributed by atoms with Crippen molar-refractivity contribution < 1.29 is 4.74 Å². The van der Waals surface area contributed by atoms with Gasteiger partial charge in [-0.05, 0) is 19.3 Å². The monoisotopic (exact) mass is 188 g/mol. The highest BCUT2D eigenvalue weighted by molar-refractivity contribution is 4.59. The molecule has 80 valence electrons. The van der Waals surface area contributed by atoms with Gasteiger partial charge in [-0.1, -0.05) is 13.8 Å². The maximum Gasteiger partial charge on any atom is 0.0591 e. The largest absolute Gasteiger partial charge is 0.380 e. The lowest BCUT2D eigenvalue weighted by Crippen LogP contribution is -2.35. The predicted molar refractivity (Wildman–Crippen MR) is 56.8 cm³/mol. The summed E-state index contributed by atoms with van der Waals surface area (Å²) < 4.78 is 5.44. The van der Waals surface area contributed by atoms with Crippen LogP contribution in [0.15, 0.2) is 0 Å². The third kappa shape index (κ3) is 9.80. The Morgan fingerprint density at radius 1 is 1.23 bits per heavy atom. The average Bonchev–Trinajstić information content (AvgIpc) is 2.10. The Kier molecular flexibility index (Phi) is 8.40. The molecule has 0 bridgehead atoms. The molecule has 3 heteroatoms. The Morgan fingerprint density at radius 2 is 1.92 bits per heavy atom. The first-order chi connectivity index (χ1) is 6.16. The molecule has 0 aliphatic heterocycles. The van der Waals surface area contributed by atoms with Gasteiger partial charge in [-0.25, -0.2) is 0 Å². The van der Waals surface area contributed by atoms with Crippen molar-refractivity contribution in [2.24, 2.45) is 11.7 Å². The van der Waals surface area contributed by atoms with Crippen LogP contribution in [0.5, 0.6) is 0 Å². The molecule has 0 radical (unpaired) electrons. The Labute approximate surface area is 82.0 Å². The van der Waals surface area contributed by atoms with E-state index in [-0.39, 0.29) is 0 Å². The number of hydrogen-bond donors (Lipinski definition) is 2. The molecule has 13 heavy (non-hydrogen) atoms. The SMILES string of the molecule is CC(C)CCOCCNC(C)CN. The second-order valence-electron chi connectivity index (χ2n) is 3.89. The minimum atomic E-state index is 0.397. The minimum Gasteiger partial charge on any atom is -0.380 e. The Bertz CT molecular complexity index is 107. The van der Waals surface area contributed by atoms with Crippen LogP contribution in [-0.2, 0) is 4.74 Å². The summed E-state index contributed by atoms with van der Waals surface area (Å²) in [4.78, 5) is 0. The van der Waals surface area contributed by atoms with Gasteiger partial charge in [0.05, 0.1) is 6.61 Å². The van der Waals surface area contributed by atoms with Gasteiger partial charge in [0, 0.05) is 25.7 Å². The van der Waals surface area contributed by atoms with E-state index in [9.17, 15) is 0 Å². The molecular weight excluding hydrogens is 164 g/mol. The van der Waals surface area contributed by atoms with Crippen LogP contribution in [0.3, 0.4) is 0 Å². The summed E-state index contributed by atoms with van der Waals surface area (Å²) in [5, 5.41) is 3.27. The molecule has 0 fully saturated rings. The lowest BCUT2D eigenvalue weighted by molar-refractivity contribution is 0.124. The third-order valence-corrected chi connectivity index (χ3v) is 1.93. The molecule has 0 aromatic rings. The molecule has 0 amide bonds.